The van der Waals surface area contributed by atoms with Gasteiger partial charge in [0.1, 0.15) is 6.10 Å². The fourth-order valence-electron chi connectivity index (χ4n) is 4.66. The molecule has 3 aromatic heterocycles. The van der Waals surface area contributed by atoms with Crippen LogP contribution in [0.15, 0.2) is 53.0 Å². The van der Waals surface area contributed by atoms with Gasteiger partial charge in [-0.25, -0.2) is 9.35 Å². The first-order chi connectivity index (χ1) is 17.4. The molecule has 4 aromatic rings. The van der Waals surface area contributed by atoms with Crippen LogP contribution in [0.5, 0.6) is 6.01 Å². The van der Waals surface area contributed by atoms with Crippen molar-refractivity contribution in [2.75, 3.05) is 25.7 Å². The Labute approximate surface area is 216 Å². The molecule has 0 radical (unpaired) electrons. The van der Waals surface area contributed by atoms with E-state index < -0.39 is 0 Å². The van der Waals surface area contributed by atoms with E-state index in [2.05, 4.69) is 38.7 Å². The lowest BCUT2D eigenvalue weighted by Gasteiger charge is -2.15. The van der Waals surface area contributed by atoms with Crippen molar-refractivity contribution in [3.63, 3.8) is 0 Å². The average Bonchev–Trinajstić information content (AvgIpc) is 3.55. The molecular weight excluding hydrogens is 498 g/mol. The lowest BCUT2D eigenvalue weighted by molar-refractivity contribution is 0.0262. The molecule has 0 bridgehead atoms. The summed E-state index contributed by atoms with van der Waals surface area (Å²) in [6.07, 6.45) is 5.74. The lowest BCUT2D eigenvalue weighted by Crippen LogP contribution is -2.33. The summed E-state index contributed by atoms with van der Waals surface area (Å²) in [5, 5.41) is 0.505. The molecule has 4 atom stereocenters. The van der Waals surface area contributed by atoms with Crippen molar-refractivity contribution in [1.82, 2.24) is 19.9 Å². The van der Waals surface area contributed by atoms with Gasteiger partial charge >= 0.3 is 0 Å². The Morgan fingerprint density at radius 3 is 2.56 bits per heavy atom. The molecule has 5 heterocycles. The highest BCUT2D eigenvalue weighted by Gasteiger charge is 2.47. The number of H-pyrrole nitrogens is 1. The van der Waals surface area contributed by atoms with Gasteiger partial charge in [-0.05, 0) is 42.8 Å². The van der Waals surface area contributed by atoms with Gasteiger partial charge in [-0.2, -0.15) is 4.98 Å². The third-order valence-corrected chi connectivity index (χ3v) is 7.28. The van der Waals surface area contributed by atoms with Crippen LogP contribution in [0.2, 0.25) is 5.02 Å². The molecule has 2 fully saturated rings. The maximum absolute atomic E-state index is 6.59. The number of hydrogen-bond donors (Lipinski definition) is 1. The molecule has 1 N–H and O–H groups in total. The SMILES string of the molecule is C[C@@H]1CO[C@H]2[C@@H]1OC[C@H]2Oc1nc2nc(-c3ccc(-c4ccc(N=S(C)C)cc4)nc3)c(Cl)cc2[nH]1. The fraction of sp³-hybridized carbons (Fsp3) is 0.346. The van der Waals surface area contributed by atoms with Gasteiger partial charge in [-0.15, -0.1) is 10.7 Å². The maximum atomic E-state index is 6.59. The second-order valence-corrected chi connectivity index (χ2v) is 11.4. The van der Waals surface area contributed by atoms with Crippen LogP contribution >= 0.6 is 11.6 Å². The quantitative estimate of drug-likeness (QED) is 0.385. The van der Waals surface area contributed by atoms with Crippen LogP contribution in [-0.2, 0) is 20.2 Å². The van der Waals surface area contributed by atoms with Gasteiger partial charge in [0.15, 0.2) is 11.8 Å². The van der Waals surface area contributed by atoms with Gasteiger partial charge in [-0.1, -0.05) is 30.7 Å². The minimum absolute atomic E-state index is 0.00650. The Hall–Kier alpha value is -2.85. The summed E-state index contributed by atoms with van der Waals surface area (Å²) in [7, 11) is 0.00650. The highest BCUT2D eigenvalue weighted by molar-refractivity contribution is 7.85. The van der Waals surface area contributed by atoms with Crippen molar-refractivity contribution >= 4 is 39.1 Å². The van der Waals surface area contributed by atoms with E-state index in [-0.39, 0.29) is 29.0 Å². The van der Waals surface area contributed by atoms with Gasteiger partial charge in [0, 0.05) is 23.2 Å². The van der Waals surface area contributed by atoms with Crippen molar-refractivity contribution in [3.05, 3.63) is 53.7 Å². The van der Waals surface area contributed by atoms with Gasteiger partial charge in [0.2, 0.25) is 0 Å². The molecule has 2 aliphatic rings. The Morgan fingerprint density at radius 1 is 1.03 bits per heavy atom. The third-order valence-electron chi connectivity index (χ3n) is 6.41. The van der Waals surface area contributed by atoms with E-state index in [1.165, 1.54) is 0 Å². The van der Waals surface area contributed by atoms with Gasteiger partial charge < -0.3 is 19.2 Å². The molecule has 8 nitrogen and oxygen atoms in total. The third kappa shape index (κ3) is 4.52. The van der Waals surface area contributed by atoms with Crippen LogP contribution in [0, 0.1) is 5.92 Å². The minimum Gasteiger partial charge on any atom is -0.456 e. The maximum Gasteiger partial charge on any atom is 0.296 e. The minimum atomic E-state index is -0.208. The smallest absolute Gasteiger partial charge is 0.296 e. The Bertz CT molecular complexity index is 1440. The van der Waals surface area contributed by atoms with Crippen LogP contribution in [0.25, 0.3) is 33.7 Å². The number of benzene rings is 1. The van der Waals surface area contributed by atoms with Crippen molar-refractivity contribution in [2.45, 2.75) is 25.2 Å². The summed E-state index contributed by atoms with van der Waals surface area (Å²) in [5.74, 6) is 0.363. The average molecular weight is 524 g/mol. The molecule has 1 aromatic carbocycles. The topological polar surface area (TPSA) is 94.5 Å². The van der Waals surface area contributed by atoms with E-state index in [1.807, 2.05) is 42.5 Å². The molecule has 36 heavy (non-hydrogen) atoms. The molecule has 6 rings (SSSR count). The monoisotopic (exact) mass is 523 g/mol. The standard InChI is InChI=1S/C26H26ClN5O3S/c1-14-12-33-24-21(13-34-23(14)24)35-26-29-20-10-18(27)22(30-25(20)31-26)16-6-9-19(28-11-16)15-4-7-17(8-5-15)32-36(2)3/h4-11,14,21,23-24H,12-13H2,1-3H3,(H,29,30,31)/t14-,21-,23-,24-/m1/s1. The number of hydrogen-bond acceptors (Lipinski definition) is 7. The molecule has 0 spiro atoms. The molecule has 10 heteroatoms. The Kier molecular flexibility index (Phi) is 6.25. The highest BCUT2D eigenvalue weighted by atomic mass is 35.5. The van der Waals surface area contributed by atoms with Gasteiger partial charge in [-0.3, -0.25) is 4.98 Å². The molecule has 2 saturated heterocycles. The van der Waals surface area contributed by atoms with Gasteiger partial charge in [0.25, 0.3) is 6.01 Å². The molecular formula is C26H26ClN5O3S. The summed E-state index contributed by atoms with van der Waals surface area (Å²) < 4.78 is 22.4. The zero-order valence-corrected chi connectivity index (χ0v) is 21.7. The normalized spacial score (nSPS) is 23.4. The number of imidazole rings is 1. The second-order valence-electron chi connectivity index (χ2n) is 9.31. The number of fused-ring (bicyclic) bond motifs is 2. The summed E-state index contributed by atoms with van der Waals surface area (Å²) >= 11 is 6.59. The van der Waals surface area contributed by atoms with Crippen molar-refractivity contribution in [2.24, 2.45) is 10.3 Å². The summed E-state index contributed by atoms with van der Waals surface area (Å²) in [6.45, 7) is 3.29. The number of ether oxygens (including phenoxy) is 3. The van der Waals surface area contributed by atoms with E-state index in [9.17, 15) is 0 Å². The number of nitrogens with one attached hydrogen (secondary N) is 1. The van der Waals surface area contributed by atoms with E-state index in [0.29, 0.717) is 47.0 Å². The first-order valence-corrected chi connectivity index (χ1v) is 14.1. The number of aromatic nitrogens is 4. The van der Waals surface area contributed by atoms with Crippen molar-refractivity contribution < 1.29 is 14.2 Å². The van der Waals surface area contributed by atoms with Crippen LogP contribution in [0.4, 0.5) is 5.69 Å². The molecule has 0 aliphatic carbocycles. The van der Waals surface area contributed by atoms with Crippen LogP contribution in [-0.4, -0.2) is 64.0 Å². The molecule has 186 valence electrons. The number of nitrogens with zero attached hydrogens (tertiary/aromatic N) is 4. The van der Waals surface area contributed by atoms with Gasteiger partial charge in [0.05, 0.1) is 46.9 Å². The zero-order chi connectivity index (χ0) is 24.8. The Morgan fingerprint density at radius 2 is 1.81 bits per heavy atom. The van der Waals surface area contributed by atoms with Crippen molar-refractivity contribution in [3.8, 4) is 28.5 Å². The summed E-state index contributed by atoms with van der Waals surface area (Å²) in [6, 6.07) is 14.2. The van der Waals surface area contributed by atoms with Crippen LogP contribution < -0.4 is 4.74 Å². The van der Waals surface area contributed by atoms with E-state index in [4.69, 9.17) is 30.8 Å². The second kappa shape index (κ2) is 9.55. The lowest BCUT2D eigenvalue weighted by atomic mass is 10.0. The molecule has 0 unspecified atom stereocenters. The molecule has 0 saturated carbocycles. The Balaban J connectivity index is 1.22. The van der Waals surface area contributed by atoms with Crippen LogP contribution in [0.1, 0.15) is 6.92 Å². The zero-order valence-electron chi connectivity index (χ0n) is 20.1. The highest BCUT2D eigenvalue weighted by Crippen LogP contribution is 2.34. The first-order valence-electron chi connectivity index (χ1n) is 11.8. The van der Waals surface area contributed by atoms with Crippen molar-refractivity contribution in [1.29, 1.82) is 0 Å². The number of rotatable bonds is 5. The first kappa shape index (κ1) is 23.5. The molecule has 2 aliphatic heterocycles. The molecule has 0 amide bonds. The van der Waals surface area contributed by atoms with E-state index >= 15 is 0 Å². The number of aromatic amines is 1. The predicted octanol–water partition coefficient (Wildman–Crippen LogP) is 5.21. The fourth-order valence-corrected chi connectivity index (χ4v) is 5.47. The largest absolute Gasteiger partial charge is 0.456 e. The van der Waals surface area contributed by atoms with E-state index in [1.54, 1.807) is 6.20 Å². The number of halogens is 1. The van der Waals surface area contributed by atoms with E-state index in [0.717, 1.165) is 22.5 Å². The van der Waals surface area contributed by atoms with Crippen LogP contribution in [0.3, 0.4) is 0 Å². The summed E-state index contributed by atoms with van der Waals surface area (Å²) in [5.41, 5.74) is 5.51. The number of pyridine rings is 2. The summed E-state index contributed by atoms with van der Waals surface area (Å²) in [4.78, 5) is 17.0. The predicted molar refractivity (Wildman–Crippen MR) is 142 cm³/mol.